The topological polar surface area (TPSA) is 20.3 Å². The summed E-state index contributed by atoms with van der Waals surface area (Å²) in [5, 5.41) is 2.25. The lowest BCUT2D eigenvalue weighted by molar-refractivity contribution is 0.0748. The van der Waals surface area contributed by atoms with Crippen LogP contribution in [-0.2, 0) is 0 Å². The van der Waals surface area contributed by atoms with Crippen LogP contribution in [0.1, 0.15) is 24.2 Å². The van der Waals surface area contributed by atoms with Gasteiger partial charge in [-0.2, -0.15) is 11.8 Å². The van der Waals surface area contributed by atoms with Gasteiger partial charge in [-0.05, 0) is 48.9 Å². The Bertz CT molecular complexity index is 698. The average molecular weight is 364 g/mol. The summed E-state index contributed by atoms with van der Waals surface area (Å²) < 4.78 is 1.21. The van der Waals surface area contributed by atoms with Crippen LogP contribution < -0.4 is 0 Å². The summed E-state index contributed by atoms with van der Waals surface area (Å²) in [6.07, 6.45) is 0. The van der Waals surface area contributed by atoms with Crippen molar-refractivity contribution in [3.8, 4) is 0 Å². The molecule has 1 amide bonds. The first-order valence-electron chi connectivity index (χ1n) is 7.07. The van der Waals surface area contributed by atoms with Crippen molar-refractivity contribution in [3.05, 3.63) is 46.4 Å². The molecule has 0 saturated carbocycles. The summed E-state index contributed by atoms with van der Waals surface area (Å²) in [5.74, 6) is 1.16. The van der Waals surface area contributed by atoms with Crippen LogP contribution >= 0.6 is 27.7 Å². The third-order valence-corrected chi connectivity index (χ3v) is 5.55. The number of benzene rings is 2. The van der Waals surface area contributed by atoms with Crippen molar-refractivity contribution >= 4 is 44.4 Å². The second-order valence-corrected chi connectivity index (χ2v) is 8.76. The molecule has 0 bridgehead atoms. The number of fused-ring (bicyclic) bond motifs is 1. The van der Waals surface area contributed by atoms with Gasteiger partial charge in [0.25, 0.3) is 5.91 Å². The van der Waals surface area contributed by atoms with E-state index < -0.39 is 0 Å². The van der Waals surface area contributed by atoms with Gasteiger partial charge < -0.3 is 4.90 Å². The fraction of sp³-hybridized carbons (Fsp3) is 0.353. The molecule has 0 aromatic heterocycles. The molecular formula is C17H18BrNOS. The molecular weight excluding hydrogens is 346 g/mol. The van der Waals surface area contributed by atoms with Crippen molar-refractivity contribution in [2.75, 3.05) is 18.8 Å². The third-order valence-electron chi connectivity index (χ3n) is 3.76. The predicted molar refractivity (Wildman–Crippen MR) is 94.1 cm³/mol. The minimum absolute atomic E-state index is 0.146. The molecule has 21 heavy (non-hydrogen) atoms. The molecule has 2 aromatic carbocycles. The molecule has 1 fully saturated rings. The second kappa shape index (κ2) is 5.65. The van der Waals surface area contributed by atoms with E-state index in [4.69, 9.17) is 0 Å². The Morgan fingerprint density at radius 2 is 1.90 bits per heavy atom. The fourth-order valence-electron chi connectivity index (χ4n) is 2.72. The van der Waals surface area contributed by atoms with Gasteiger partial charge in [0.05, 0.1) is 0 Å². The molecule has 3 rings (SSSR count). The Hall–Kier alpha value is -1.00. The molecule has 1 aliphatic heterocycles. The van der Waals surface area contributed by atoms with Crippen LogP contribution in [0.25, 0.3) is 10.8 Å². The first kappa shape index (κ1) is 14.9. The number of thioether (sulfide) groups is 1. The standard InChI is InChI=1S/C17H18BrNOS/c1-17(2)11-19(7-8-21-17)16(20)14-4-3-13-10-15(18)6-5-12(13)9-14/h3-6,9-10H,7-8,11H2,1-2H3. The van der Waals surface area contributed by atoms with Crippen LogP contribution in [0.2, 0.25) is 0 Å². The first-order chi connectivity index (χ1) is 9.94. The molecule has 0 unspecified atom stereocenters. The summed E-state index contributed by atoms with van der Waals surface area (Å²) in [7, 11) is 0. The number of halogens is 1. The summed E-state index contributed by atoms with van der Waals surface area (Å²) in [5.41, 5.74) is 0.785. The molecule has 4 heteroatoms. The highest BCUT2D eigenvalue weighted by molar-refractivity contribution is 9.10. The number of carbonyl (C=O) groups excluding carboxylic acids is 1. The van der Waals surface area contributed by atoms with E-state index in [-0.39, 0.29) is 10.7 Å². The predicted octanol–water partition coefficient (Wildman–Crippen LogP) is 4.57. The van der Waals surface area contributed by atoms with Gasteiger partial charge in [-0.1, -0.05) is 28.1 Å². The van der Waals surface area contributed by atoms with Crippen molar-refractivity contribution in [3.63, 3.8) is 0 Å². The molecule has 0 atom stereocenters. The Morgan fingerprint density at radius 3 is 2.67 bits per heavy atom. The minimum atomic E-state index is 0.146. The van der Waals surface area contributed by atoms with Gasteiger partial charge in [0.15, 0.2) is 0 Å². The molecule has 0 N–H and O–H groups in total. The van der Waals surface area contributed by atoms with Gasteiger partial charge in [0, 0.05) is 33.6 Å². The van der Waals surface area contributed by atoms with E-state index in [0.717, 1.165) is 39.7 Å². The summed E-state index contributed by atoms with van der Waals surface area (Å²) in [6.45, 7) is 6.06. The third kappa shape index (κ3) is 3.27. The van der Waals surface area contributed by atoms with Gasteiger partial charge in [0.2, 0.25) is 0 Å². The highest BCUT2D eigenvalue weighted by atomic mass is 79.9. The van der Waals surface area contributed by atoms with Crippen molar-refractivity contribution < 1.29 is 4.79 Å². The SMILES string of the molecule is CC1(C)CN(C(=O)c2ccc3cc(Br)ccc3c2)CCS1. The van der Waals surface area contributed by atoms with Crippen LogP contribution in [-0.4, -0.2) is 34.4 Å². The largest absolute Gasteiger partial charge is 0.336 e. The summed E-state index contributed by atoms with van der Waals surface area (Å²) in [6, 6.07) is 12.1. The summed E-state index contributed by atoms with van der Waals surface area (Å²) >= 11 is 5.42. The number of hydrogen-bond donors (Lipinski definition) is 0. The van der Waals surface area contributed by atoms with Crippen LogP contribution in [0.15, 0.2) is 40.9 Å². The lowest BCUT2D eigenvalue weighted by Crippen LogP contribution is -2.46. The monoisotopic (exact) mass is 363 g/mol. The smallest absolute Gasteiger partial charge is 0.253 e. The Labute approximate surface area is 138 Å². The van der Waals surface area contributed by atoms with Crippen LogP contribution in [0, 0.1) is 0 Å². The van der Waals surface area contributed by atoms with Crippen LogP contribution in [0.4, 0.5) is 0 Å². The van der Waals surface area contributed by atoms with Crippen LogP contribution in [0.3, 0.4) is 0 Å². The highest BCUT2D eigenvalue weighted by Gasteiger charge is 2.30. The second-order valence-electron chi connectivity index (χ2n) is 6.04. The van der Waals surface area contributed by atoms with Gasteiger partial charge >= 0.3 is 0 Å². The minimum Gasteiger partial charge on any atom is -0.336 e. The maximum absolute atomic E-state index is 12.7. The number of nitrogens with zero attached hydrogens (tertiary/aromatic N) is 1. The number of amides is 1. The fourth-order valence-corrected chi connectivity index (χ4v) is 4.21. The maximum Gasteiger partial charge on any atom is 0.253 e. The molecule has 1 saturated heterocycles. The number of carbonyl (C=O) groups is 1. The molecule has 0 spiro atoms. The maximum atomic E-state index is 12.7. The number of hydrogen-bond acceptors (Lipinski definition) is 2. The van der Waals surface area contributed by atoms with Crippen molar-refractivity contribution in [1.29, 1.82) is 0 Å². The van der Waals surface area contributed by atoms with E-state index >= 15 is 0 Å². The van der Waals surface area contributed by atoms with E-state index in [0.29, 0.717) is 0 Å². The zero-order valence-electron chi connectivity index (χ0n) is 12.2. The van der Waals surface area contributed by atoms with Gasteiger partial charge in [-0.3, -0.25) is 4.79 Å². The molecule has 1 heterocycles. The Balaban J connectivity index is 1.89. The Kier molecular flexibility index (Phi) is 4.02. The molecule has 2 nitrogen and oxygen atoms in total. The molecule has 0 radical (unpaired) electrons. The van der Waals surface area contributed by atoms with E-state index in [9.17, 15) is 4.79 Å². The van der Waals surface area contributed by atoms with Gasteiger partial charge in [-0.15, -0.1) is 0 Å². The molecule has 110 valence electrons. The van der Waals surface area contributed by atoms with E-state index in [1.165, 1.54) is 0 Å². The molecule has 0 aliphatic carbocycles. The normalized spacial score (nSPS) is 18.0. The molecule has 1 aliphatic rings. The average Bonchev–Trinajstić information content (AvgIpc) is 2.45. The zero-order chi connectivity index (χ0) is 15.0. The van der Waals surface area contributed by atoms with Crippen molar-refractivity contribution in [2.24, 2.45) is 0 Å². The Morgan fingerprint density at radius 1 is 1.19 bits per heavy atom. The first-order valence-corrected chi connectivity index (χ1v) is 8.85. The van der Waals surface area contributed by atoms with E-state index in [1.807, 2.05) is 47.0 Å². The van der Waals surface area contributed by atoms with Gasteiger partial charge in [-0.25, -0.2) is 0 Å². The zero-order valence-corrected chi connectivity index (χ0v) is 14.6. The lowest BCUT2D eigenvalue weighted by atomic mass is 10.1. The van der Waals surface area contributed by atoms with Crippen molar-refractivity contribution in [1.82, 2.24) is 4.90 Å². The van der Waals surface area contributed by atoms with E-state index in [1.54, 1.807) is 0 Å². The lowest BCUT2D eigenvalue weighted by Gasteiger charge is -2.37. The van der Waals surface area contributed by atoms with Crippen LogP contribution in [0.5, 0.6) is 0 Å². The summed E-state index contributed by atoms with van der Waals surface area (Å²) in [4.78, 5) is 14.7. The quantitative estimate of drug-likeness (QED) is 0.739. The van der Waals surface area contributed by atoms with E-state index in [2.05, 4.69) is 35.8 Å². The molecule has 2 aromatic rings. The van der Waals surface area contributed by atoms with Gasteiger partial charge in [0.1, 0.15) is 0 Å². The van der Waals surface area contributed by atoms with Crippen molar-refractivity contribution in [2.45, 2.75) is 18.6 Å². The number of rotatable bonds is 1. The highest BCUT2D eigenvalue weighted by Crippen LogP contribution is 2.30.